The van der Waals surface area contributed by atoms with Crippen LogP contribution in [0.25, 0.3) is 0 Å². The molecular formula is C23H29FN6O3. The van der Waals surface area contributed by atoms with Gasteiger partial charge >= 0.3 is 6.09 Å². The lowest BCUT2D eigenvalue weighted by molar-refractivity contribution is 0.0522. The van der Waals surface area contributed by atoms with Crippen molar-refractivity contribution in [2.45, 2.75) is 52.1 Å². The summed E-state index contributed by atoms with van der Waals surface area (Å²) in [5, 5.41) is 27.1. The second kappa shape index (κ2) is 9.48. The molecule has 2 amide bonds. The molecule has 0 saturated carbocycles. The first-order valence-corrected chi connectivity index (χ1v) is 10.8. The number of carboxylic acid groups (broad SMARTS) is 1. The van der Waals surface area contributed by atoms with Crippen molar-refractivity contribution >= 4 is 23.5 Å². The van der Waals surface area contributed by atoms with Crippen LogP contribution in [0.3, 0.4) is 0 Å². The van der Waals surface area contributed by atoms with Crippen LogP contribution in [0.2, 0.25) is 0 Å². The van der Waals surface area contributed by atoms with E-state index in [0.717, 1.165) is 6.42 Å². The summed E-state index contributed by atoms with van der Waals surface area (Å²) in [5.74, 6) is -1.47. The quantitative estimate of drug-likeness (QED) is 0.598. The number of carbonyl (C=O) groups excluding carboxylic acids is 1. The van der Waals surface area contributed by atoms with Crippen LogP contribution >= 0.6 is 0 Å². The minimum atomic E-state index is -1.05. The molecule has 1 aromatic heterocycles. The largest absolute Gasteiger partial charge is 0.465 e. The Bertz CT molecular complexity index is 1050. The first kappa shape index (κ1) is 24.0. The lowest BCUT2D eigenvalue weighted by atomic mass is 9.80. The van der Waals surface area contributed by atoms with E-state index in [0.29, 0.717) is 18.5 Å². The molecule has 0 radical (unpaired) electrons. The summed E-state index contributed by atoms with van der Waals surface area (Å²) < 4.78 is 14.7. The Kier molecular flexibility index (Phi) is 6.91. The van der Waals surface area contributed by atoms with Crippen molar-refractivity contribution < 1.29 is 19.1 Å². The van der Waals surface area contributed by atoms with Crippen LogP contribution < -0.4 is 11.1 Å². The molecule has 1 aromatic carbocycles. The van der Waals surface area contributed by atoms with Gasteiger partial charge in [0.2, 0.25) is 0 Å². The molecule has 176 valence electrons. The maximum Gasteiger partial charge on any atom is 0.407 e. The third-order valence-corrected chi connectivity index (χ3v) is 5.90. The Labute approximate surface area is 192 Å². The van der Waals surface area contributed by atoms with Crippen LogP contribution in [0, 0.1) is 28.5 Å². The number of aromatic nitrogens is 2. The monoisotopic (exact) mass is 456 g/mol. The van der Waals surface area contributed by atoms with Crippen molar-refractivity contribution in [2.24, 2.45) is 17.1 Å². The van der Waals surface area contributed by atoms with E-state index in [1.54, 1.807) is 0 Å². The van der Waals surface area contributed by atoms with Crippen molar-refractivity contribution in [3.8, 4) is 6.07 Å². The maximum atomic E-state index is 13.3. The summed E-state index contributed by atoms with van der Waals surface area (Å²) in [5.41, 5.74) is 6.13. The molecule has 9 nitrogen and oxygen atoms in total. The number of amides is 2. The number of primary amides is 1. The number of nitrogens with zero attached hydrogens (tertiary/aromatic N) is 4. The molecule has 1 fully saturated rings. The van der Waals surface area contributed by atoms with Gasteiger partial charge in [0.25, 0.3) is 5.91 Å². The van der Waals surface area contributed by atoms with Crippen molar-refractivity contribution in [2.75, 3.05) is 11.9 Å². The van der Waals surface area contributed by atoms with Gasteiger partial charge in [0.15, 0.2) is 5.82 Å². The molecule has 3 atom stereocenters. The third-order valence-electron chi connectivity index (χ3n) is 5.90. The number of hydrogen-bond acceptors (Lipinski definition) is 5. The van der Waals surface area contributed by atoms with Gasteiger partial charge in [0.05, 0.1) is 24.1 Å². The summed E-state index contributed by atoms with van der Waals surface area (Å²) in [6.45, 7) is 6.47. The van der Waals surface area contributed by atoms with E-state index in [4.69, 9.17) is 5.73 Å². The number of likely N-dealkylation sites (tertiary alicyclic amines) is 1. The number of anilines is 2. The second-order valence-corrected chi connectivity index (χ2v) is 9.53. The smallest absolute Gasteiger partial charge is 0.407 e. The van der Waals surface area contributed by atoms with Gasteiger partial charge in [-0.1, -0.05) is 20.8 Å². The van der Waals surface area contributed by atoms with Crippen LogP contribution in [-0.2, 0) is 0 Å². The first-order chi connectivity index (χ1) is 15.5. The molecule has 0 aliphatic carbocycles. The summed E-state index contributed by atoms with van der Waals surface area (Å²) in [7, 11) is 0. The number of rotatable bonds is 6. The van der Waals surface area contributed by atoms with Gasteiger partial charge < -0.3 is 21.1 Å². The number of halogens is 1. The predicted octanol–water partition coefficient (Wildman–Crippen LogP) is 4.12. The summed E-state index contributed by atoms with van der Waals surface area (Å²) in [6, 6.07) is 6.73. The highest BCUT2D eigenvalue weighted by molar-refractivity contribution is 5.98. The van der Waals surface area contributed by atoms with Crippen molar-refractivity contribution in [1.29, 1.82) is 5.26 Å². The molecule has 1 aliphatic heterocycles. The topological polar surface area (TPSA) is 137 Å². The van der Waals surface area contributed by atoms with Crippen molar-refractivity contribution in [1.82, 2.24) is 14.7 Å². The first-order valence-electron chi connectivity index (χ1n) is 10.8. The van der Waals surface area contributed by atoms with Crippen molar-refractivity contribution in [3.05, 3.63) is 41.8 Å². The van der Waals surface area contributed by atoms with Crippen LogP contribution in [0.15, 0.2) is 30.5 Å². The Morgan fingerprint density at radius 3 is 2.55 bits per heavy atom. The lowest BCUT2D eigenvalue weighted by Crippen LogP contribution is -2.52. The highest BCUT2D eigenvalue weighted by Crippen LogP contribution is 2.38. The van der Waals surface area contributed by atoms with Gasteiger partial charge in [0.1, 0.15) is 11.4 Å². The molecule has 33 heavy (non-hydrogen) atoms. The Morgan fingerprint density at radius 2 is 2.00 bits per heavy atom. The molecule has 1 saturated heterocycles. The van der Waals surface area contributed by atoms with E-state index in [1.165, 1.54) is 40.0 Å². The number of nitrogens with one attached hydrogen (secondary N) is 1. The average Bonchev–Trinajstić information content (AvgIpc) is 3.16. The van der Waals surface area contributed by atoms with Crippen molar-refractivity contribution in [3.63, 3.8) is 0 Å². The van der Waals surface area contributed by atoms with Crippen LogP contribution in [0.1, 0.15) is 56.4 Å². The normalized spacial score (nSPS) is 20.8. The fourth-order valence-electron chi connectivity index (χ4n) is 4.20. The van der Waals surface area contributed by atoms with Gasteiger partial charge in [-0.15, -0.1) is 0 Å². The summed E-state index contributed by atoms with van der Waals surface area (Å²) in [4.78, 5) is 25.5. The second-order valence-electron chi connectivity index (χ2n) is 9.53. The van der Waals surface area contributed by atoms with Crippen LogP contribution in [0.4, 0.5) is 20.7 Å². The van der Waals surface area contributed by atoms with Crippen LogP contribution in [-0.4, -0.2) is 44.4 Å². The molecule has 1 aliphatic rings. The third kappa shape index (κ3) is 5.61. The molecule has 3 rings (SSSR count). The number of piperidine rings is 1. The van der Waals surface area contributed by atoms with E-state index in [2.05, 4.69) is 37.3 Å². The zero-order valence-electron chi connectivity index (χ0n) is 19.0. The standard InChI is InChI=1S/C23H29FN6O3/c1-23(2,3)10-8-18-19(14(12-25)9-11-29(18)22(32)33)30-13-17(20(26)31)21(28-30)27-16-6-4-15(24)5-7-16/h4-7,13-14,18-19H,8-11H2,1-3H3,(H2,26,31)(H,27,28)(H,32,33). The van der Waals surface area contributed by atoms with E-state index in [-0.39, 0.29) is 23.3 Å². The van der Waals surface area contributed by atoms with Gasteiger partial charge in [-0.2, -0.15) is 10.4 Å². The fraction of sp³-hybridized carbons (Fsp3) is 0.478. The molecule has 0 spiro atoms. The number of benzene rings is 1. The highest BCUT2D eigenvalue weighted by Gasteiger charge is 2.42. The van der Waals surface area contributed by atoms with Gasteiger partial charge in [-0.25, -0.2) is 9.18 Å². The molecule has 4 N–H and O–H groups in total. The Hall–Kier alpha value is -3.61. The average molecular weight is 457 g/mol. The minimum Gasteiger partial charge on any atom is -0.465 e. The Morgan fingerprint density at radius 1 is 1.33 bits per heavy atom. The summed E-state index contributed by atoms with van der Waals surface area (Å²) >= 11 is 0. The maximum absolute atomic E-state index is 13.3. The molecule has 3 unspecified atom stereocenters. The van der Waals surface area contributed by atoms with E-state index in [9.17, 15) is 24.3 Å². The number of hydrogen-bond donors (Lipinski definition) is 3. The zero-order valence-corrected chi connectivity index (χ0v) is 19.0. The predicted molar refractivity (Wildman–Crippen MR) is 120 cm³/mol. The van der Waals surface area contributed by atoms with E-state index in [1.807, 2.05) is 0 Å². The molecule has 2 aromatic rings. The number of nitriles is 1. The molecular weight excluding hydrogens is 427 g/mol. The number of carbonyl (C=O) groups is 2. The summed E-state index contributed by atoms with van der Waals surface area (Å²) in [6.07, 6.45) is 2.03. The lowest BCUT2D eigenvalue weighted by Gasteiger charge is -2.43. The van der Waals surface area contributed by atoms with Gasteiger partial charge in [0, 0.05) is 18.4 Å². The SMILES string of the molecule is CC(C)(C)CCC1C(n2cc(C(N)=O)c(Nc3ccc(F)cc3)n2)C(C#N)CCN1C(=O)O. The minimum absolute atomic E-state index is 0.0356. The number of nitrogens with two attached hydrogens (primary N) is 1. The molecule has 0 bridgehead atoms. The molecule has 10 heteroatoms. The zero-order chi connectivity index (χ0) is 24.3. The molecule has 2 heterocycles. The van der Waals surface area contributed by atoms with E-state index < -0.39 is 35.8 Å². The van der Waals surface area contributed by atoms with Gasteiger partial charge in [-0.3, -0.25) is 9.48 Å². The highest BCUT2D eigenvalue weighted by atomic mass is 19.1. The van der Waals surface area contributed by atoms with Crippen LogP contribution in [0.5, 0.6) is 0 Å². The van der Waals surface area contributed by atoms with E-state index >= 15 is 0 Å². The van der Waals surface area contributed by atoms with Gasteiger partial charge in [-0.05, 0) is 48.9 Å². The Balaban J connectivity index is 2.03. The fourth-order valence-corrected chi connectivity index (χ4v) is 4.20.